The fourth-order valence-electron chi connectivity index (χ4n) is 3.17. The summed E-state index contributed by atoms with van der Waals surface area (Å²) in [7, 11) is 1.29. The van der Waals surface area contributed by atoms with Gasteiger partial charge in [0.25, 0.3) is 0 Å². The fraction of sp³-hybridized carbons (Fsp3) is 0.533. The van der Waals surface area contributed by atoms with E-state index in [0.717, 1.165) is 6.07 Å². The minimum atomic E-state index is -4.44. The van der Waals surface area contributed by atoms with Gasteiger partial charge in [-0.05, 0) is 31.4 Å². The molecule has 0 radical (unpaired) electrons. The van der Waals surface area contributed by atoms with Gasteiger partial charge in [0.1, 0.15) is 11.6 Å². The van der Waals surface area contributed by atoms with Crippen LogP contribution >= 0.6 is 0 Å². The first-order valence-electron chi connectivity index (χ1n) is 6.79. The molecule has 0 heterocycles. The molecule has 0 aliphatic heterocycles. The summed E-state index contributed by atoms with van der Waals surface area (Å²) in [5.41, 5.74) is 0.486. The third-order valence-electron chi connectivity index (χ3n) is 4.32. The van der Waals surface area contributed by atoms with Crippen molar-refractivity contribution in [1.29, 1.82) is 0 Å². The molecule has 1 aromatic carbocycles. The first-order valence-corrected chi connectivity index (χ1v) is 6.79. The van der Waals surface area contributed by atoms with Gasteiger partial charge in [-0.2, -0.15) is 13.2 Å². The van der Waals surface area contributed by atoms with E-state index in [1.54, 1.807) is 0 Å². The molecule has 22 heavy (non-hydrogen) atoms. The Morgan fingerprint density at radius 1 is 1.32 bits per heavy atom. The number of halogens is 4. The number of benzene rings is 1. The molecule has 2 rings (SSSR count). The van der Waals surface area contributed by atoms with Gasteiger partial charge in [0, 0.05) is 11.5 Å². The standard InChI is InChI=1S/C15H16F4O3/c1-7-12(16)4-3-9(13(7)22-2)10-5-8(15(17,18)19)6-11(10)14(20)21/h3-4,8,10-11H,5-6H2,1-2H3,(H,20,21). The van der Waals surface area contributed by atoms with Crippen LogP contribution in [0.1, 0.15) is 29.9 Å². The summed E-state index contributed by atoms with van der Waals surface area (Å²) < 4.78 is 57.5. The van der Waals surface area contributed by atoms with Gasteiger partial charge in [-0.25, -0.2) is 4.39 Å². The van der Waals surface area contributed by atoms with Crippen LogP contribution in [0, 0.1) is 24.6 Å². The molecular weight excluding hydrogens is 304 g/mol. The van der Waals surface area contributed by atoms with Crippen molar-refractivity contribution < 1.29 is 32.2 Å². The summed E-state index contributed by atoms with van der Waals surface area (Å²) in [5, 5.41) is 9.23. The number of rotatable bonds is 3. The molecule has 3 atom stereocenters. The van der Waals surface area contributed by atoms with Crippen molar-refractivity contribution >= 4 is 5.97 Å². The number of hydrogen-bond donors (Lipinski definition) is 1. The summed E-state index contributed by atoms with van der Waals surface area (Å²) in [5.74, 6) is -5.38. The molecule has 122 valence electrons. The van der Waals surface area contributed by atoms with Crippen LogP contribution in [0.3, 0.4) is 0 Å². The highest BCUT2D eigenvalue weighted by atomic mass is 19.4. The second-order valence-corrected chi connectivity index (χ2v) is 5.56. The fourth-order valence-corrected chi connectivity index (χ4v) is 3.17. The van der Waals surface area contributed by atoms with Crippen LogP contribution in [-0.2, 0) is 4.79 Å². The number of methoxy groups -OCH3 is 1. The maximum absolute atomic E-state index is 13.6. The van der Waals surface area contributed by atoms with E-state index in [-0.39, 0.29) is 17.7 Å². The number of ether oxygens (including phenoxy) is 1. The predicted molar refractivity (Wildman–Crippen MR) is 70.3 cm³/mol. The smallest absolute Gasteiger partial charge is 0.391 e. The zero-order valence-electron chi connectivity index (χ0n) is 12.1. The molecule has 1 fully saturated rings. The van der Waals surface area contributed by atoms with Gasteiger partial charge in [-0.1, -0.05) is 6.07 Å². The van der Waals surface area contributed by atoms with E-state index >= 15 is 0 Å². The Balaban J connectivity index is 2.46. The highest BCUT2D eigenvalue weighted by Gasteiger charge is 2.51. The molecule has 0 amide bonds. The maximum atomic E-state index is 13.6. The van der Waals surface area contributed by atoms with Crippen LogP contribution in [0.5, 0.6) is 5.75 Å². The average molecular weight is 320 g/mol. The summed E-state index contributed by atoms with van der Waals surface area (Å²) in [6.07, 6.45) is -5.24. The molecule has 1 aliphatic carbocycles. The van der Waals surface area contributed by atoms with Gasteiger partial charge in [-0.3, -0.25) is 4.79 Å². The van der Waals surface area contributed by atoms with Crippen LogP contribution in [0.4, 0.5) is 17.6 Å². The Morgan fingerprint density at radius 2 is 1.95 bits per heavy atom. The Kier molecular flexibility index (Phi) is 4.35. The first kappa shape index (κ1) is 16.6. The lowest BCUT2D eigenvalue weighted by Gasteiger charge is -2.20. The van der Waals surface area contributed by atoms with Crippen LogP contribution in [-0.4, -0.2) is 24.4 Å². The van der Waals surface area contributed by atoms with Crippen molar-refractivity contribution in [2.75, 3.05) is 7.11 Å². The summed E-state index contributed by atoms with van der Waals surface area (Å²) in [6, 6.07) is 2.45. The monoisotopic (exact) mass is 320 g/mol. The normalized spacial score (nSPS) is 25.3. The van der Waals surface area contributed by atoms with Crippen LogP contribution < -0.4 is 4.74 Å². The summed E-state index contributed by atoms with van der Waals surface area (Å²) >= 11 is 0. The van der Waals surface area contributed by atoms with E-state index in [9.17, 15) is 27.5 Å². The van der Waals surface area contributed by atoms with E-state index in [0.29, 0.717) is 5.56 Å². The lowest BCUT2D eigenvalue weighted by molar-refractivity contribution is -0.174. The molecule has 0 aromatic heterocycles. The third-order valence-corrected chi connectivity index (χ3v) is 4.32. The van der Waals surface area contributed by atoms with E-state index in [1.165, 1.54) is 20.1 Å². The maximum Gasteiger partial charge on any atom is 0.391 e. The van der Waals surface area contributed by atoms with Crippen molar-refractivity contribution in [2.24, 2.45) is 11.8 Å². The Morgan fingerprint density at radius 3 is 2.45 bits per heavy atom. The van der Waals surface area contributed by atoms with Crippen molar-refractivity contribution in [3.8, 4) is 5.75 Å². The molecule has 1 saturated carbocycles. The average Bonchev–Trinajstić information content (AvgIpc) is 2.86. The molecule has 0 bridgehead atoms. The zero-order chi connectivity index (χ0) is 16.7. The highest BCUT2D eigenvalue weighted by molar-refractivity contribution is 5.72. The molecule has 7 heteroatoms. The number of carbonyl (C=O) groups is 1. The Hall–Kier alpha value is -1.79. The van der Waals surface area contributed by atoms with Gasteiger partial charge in [0.2, 0.25) is 0 Å². The lowest BCUT2D eigenvalue weighted by atomic mass is 9.87. The van der Waals surface area contributed by atoms with Crippen molar-refractivity contribution in [2.45, 2.75) is 31.9 Å². The van der Waals surface area contributed by atoms with E-state index in [4.69, 9.17) is 4.74 Å². The Labute approximate surface area is 124 Å². The summed E-state index contributed by atoms with van der Waals surface area (Å²) in [4.78, 5) is 11.3. The molecule has 0 spiro atoms. The van der Waals surface area contributed by atoms with Crippen LogP contribution in [0.25, 0.3) is 0 Å². The third kappa shape index (κ3) is 2.89. The van der Waals surface area contributed by atoms with Crippen molar-refractivity contribution in [3.05, 3.63) is 29.1 Å². The van der Waals surface area contributed by atoms with Gasteiger partial charge < -0.3 is 9.84 Å². The SMILES string of the molecule is COc1c(C2CC(C(F)(F)F)CC2C(=O)O)ccc(F)c1C. The summed E-state index contributed by atoms with van der Waals surface area (Å²) in [6.45, 7) is 1.45. The minimum absolute atomic E-state index is 0.124. The number of carboxylic acids is 1. The Bertz CT molecular complexity index is 583. The van der Waals surface area contributed by atoms with Crippen molar-refractivity contribution in [3.63, 3.8) is 0 Å². The first-order chi connectivity index (χ1) is 10.2. The largest absolute Gasteiger partial charge is 0.496 e. The molecule has 3 unspecified atom stereocenters. The molecule has 0 saturated heterocycles. The second kappa shape index (κ2) is 5.78. The van der Waals surface area contributed by atoms with Gasteiger partial charge >= 0.3 is 12.1 Å². The highest BCUT2D eigenvalue weighted by Crippen LogP contribution is 2.51. The van der Waals surface area contributed by atoms with E-state index < -0.39 is 42.1 Å². The molecular formula is C15H16F4O3. The second-order valence-electron chi connectivity index (χ2n) is 5.56. The van der Waals surface area contributed by atoms with Gasteiger partial charge in [-0.15, -0.1) is 0 Å². The van der Waals surface area contributed by atoms with E-state index in [1.807, 2.05) is 0 Å². The van der Waals surface area contributed by atoms with Gasteiger partial charge in [0.15, 0.2) is 0 Å². The number of aliphatic carboxylic acids is 1. The molecule has 1 aliphatic rings. The lowest BCUT2D eigenvalue weighted by Crippen LogP contribution is -2.21. The topological polar surface area (TPSA) is 46.5 Å². The predicted octanol–water partition coefficient (Wildman–Crippen LogP) is 3.90. The van der Waals surface area contributed by atoms with E-state index in [2.05, 4.69) is 0 Å². The molecule has 3 nitrogen and oxygen atoms in total. The zero-order valence-corrected chi connectivity index (χ0v) is 12.1. The number of alkyl halides is 3. The number of hydrogen-bond acceptors (Lipinski definition) is 2. The van der Waals surface area contributed by atoms with Crippen molar-refractivity contribution in [1.82, 2.24) is 0 Å². The minimum Gasteiger partial charge on any atom is -0.496 e. The van der Waals surface area contributed by atoms with Crippen LogP contribution in [0.2, 0.25) is 0 Å². The molecule has 1 N–H and O–H groups in total. The van der Waals surface area contributed by atoms with Gasteiger partial charge in [0.05, 0.1) is 18.9 Å². The number of carboxylic acid groups (broad SMARTS) is 1. The molecule has 1 aromatic rings. The quantitative estimate of drug-likeness (QED) is 0.859. The van der Waals surface area contributed by atoms with Crippen LogP contribution in [0.15, 0.2) is 12.1 Å².